The summed E-state index contributed by atoms with van der Waals surface area (Å²) in [6.45, 7) is 4.78. The van der Waals surface area contributed by atoms with Crippen molar-refractivity contribution in [3.05, 3.63) is 29.3 Å². The van der Waals surface area contributed by atoms with Crippen LogP contribution in [0.15, 0.2) is 18.2 Å². The first-order chi connectivity index (χ1) is 8.62. The molecule has 1 atom stereocenters. The molecule has 0 heterocycles. The molecule has 1 rings (SSSR count). The van der Waals surface area contributed by atoms with Crippen LogP contribution in [-0.2, 0) is 4.74 Å². The first kappa shape index (κ1) is 14.5. The fourth-order valence-corrected chi connectivity index (χ4v) is 1.79. The highest BCUT2D eigenvalue weighted by Crippen LogP contribution is 2.18. The van der Waals surface area contributed by atoms with Gasteiger partial charge in [-0.3, -0.25) is 4.79 Å². The third kappa shape index (κ3) is 3.74. The number of hydrogen-bond donors (Lipinski definition) is 2. The van der Waals surface area contributed by atoms with E-state index in [9.17, 15) is 4.79 Å². The number of ether oxygens (including phenoxy) is 1. The van der Waals surface area contributed by atoms with E-state index in [1.165, 1.54) is 0 Å². The van der Waals surface area contributed by atoms with Crippen molar-refractivity contribution >= 4 is 11.6 Å². The van der Waals surface area contributed by atoms with Gasteiger partial charge < -0.3 is 15.4 Å². The van der Waals surface area contributed by atoms with Crippen molar-refractivity contribution in [3.63, 3.8) is 0 Å². The van der Waals surface area contributed by atoms with E-state index in [1.807, 2.05) is 25.1 Å². The maximum absolute atomic E-state index is 11.5. The summed E-state index contributed by atoms with van der Waals surface area (Å²) in [5.74, 6) is -0.0615. The summed E-state index contributed by atoms with van der Waals surface area (Å²) in [5.41, 5.74) is 2.79. The molecule has 0 bridgehead atoms. The number of aryl methyl sites for hydroxylation is 1. The van der Waals surface area contributed by atoms with E-state index in [4.69, 9.17) is 4.74 Å². The molecule has 1 unspecified atom stereocenters. The summed E-state index contributed by atoms with van der Waals surface area (Å²) in [6, 6.07) is 5.95. The Balaban J connectivity index is 2.82. The smallest absolute Gasteiger partial charge is 0.251 e. The lowest BCUT2D eigenvalue weighted by atomic mass is 10.1. The lowest BCUT2D eigenvalue weighted by Crippen LogP contribution is -2.24. The van der Waals surface area contributed by atoms with Gasteiger partial charge in [-0.15, -0.1) is 0 Å². The molecule has 18 heavy (non-hydrogen) atoms. The molecule has 2 N–H and O–H groups in total. The molecule has 4 heteroatoms. The molecule has 0 saturated carbocycles. The fraction of sp³-hybridized carbons (Fsp3) is 0.500. The van der Waals surface area contributed by atoms with Crippen molar-refractivity contribution in [3.8, 4) is 0 Å². The van der Waals surface area contributed by atoms with E-state index in [0.29, 0.717) is 18.2 Å². The van der Waals surface area contributed by atoms with Crippen molar-refractivity contribution in [1.82, 2.24) is 5.32 Å². The van der Waals surface area contributed by atoms with Gasteiger partial charge >= 0.3 is 0 Å². The average Bonchev–Trinajstić information content (AvgIpc) is 2.39. The molecule has 0 saturated heterocycles. The molecule has 0 radical (unpaired) electrons. The van der Waals surface area contributed by atoms with Crippen molar-refractivity contribution in [2.45, 2.75) is 26.3 Å². The van der Waals surface area contributed by atoms with Crippen LogP contribution in [0.4, 0.5) is 5.69 Å². The molecule has 100 valence electrons. The summed E-state index contributed by atoms with van der Waals surface area (Å²) in [6.07, 6.45) is 0.991. The highest BCUT2D eigenvalue weighted by atomic mass is 16.5. The van der Waals surface area contributed by atoms with Gasteiger partial charge in [0.15, 0.2) is 0 Å². The van der Waals surface area contributed by atoms with E-state index >= 15 is 0 Å². The Hall–Kier alpha value is -1.55. The Labute approximate surface area is 109 Å². The van der Waals surface area contributed by atoms with Gasteiger partial charge in [0.05, 0.1) is 6.61 Å². The van der Waals surface area contributed by atoms with Gasteiger partial charge in [0.1, 0.15) is 0 Å². The van der Waals surface area contributed by atoms with Crippen LogP contribution in [0.1, 0.15) is 29.3 Å². The fourth-order valence-electron chi connectivity index (χ4n) is 1.79. The summed E-state index contributed by atoms with van der Waals surface area (Å²) >= 11 is 0. The van der Waals surface area contributed by atoms with E-state index in [0.717, 1.165) is 17.7 Å². The normalized spacial score (nSPS) is 12.0. The van der Waals surface area contributed by atoms with Gasteiger partial charge in [0.25, 0.3) is 5.91 Å². The van der Waals surface area contributed by atoms with Gasteiger partial charge in [-0.25, -0.2) is 0 Å². The molecule has 1 amide bonds. The minimum Gasteiger partial charge on any atom is -0.383 e. The molecule has 0 aliphatic rings. The molecule has 1 aromatic carbocycles. The maximum atomic E-state index is 11.5. The van der Waals surface area contributed by atoms with Gasteiger partial charge in [0, 0.05) is 31.5 Å². The summed E-state index contributed by atoms with van der Waals surface area (Å²) in [5, 5.41) is 6.05. The van der Waals surface area contributed by atoms with Crippen LogP contribution in [0.2, 0.25) is 0 Å². The number of methoxy groups -OCH3 is 1. The zero-order valence-corrected chi connectivity index (χ0v) is 11.5. The lowest BCUT2D eigenvalue weighted by Gasteiger charge is -2.19. The summed E-state index contributed by atoms with van der Waals surface area (Å²) in [7, 11) is 3.33. The van der Waals surface area contributed by atoms with Crippen LogP contribution >= 0.6 is 0 Å². The van der Waals surface area contributed by atoms with E-state index < -0.39 is 0 Å². The molecule has 4 nitrogen and oxygen atoms in total. The summed E-state index contributed by atoms with van der Waals surface area (Å²) in [4.78, 5) is 11.5. The largest absolute Gasteiger partial charge is 0.383 e. The van der Waals surface area contributed by atoms with E-state index in [-0.39, 0.29) is 5.91 Å². The minimum absolute atomic E-state index is 0.0615. The third-order valence-electron chi connectivity index (χ3n) is 2.94. The average molecular weight is 250 g/mol. The number of nitrogens with one attached hydrogen (secondary N) is 2. The van der Waals surface area contributed by atoms with Crippen molar-refractivity contribution < 1.29 is 9.53 Å². The minimum atomic E-state index is -0.0615. The predicted octanol–water partition coefficient (Wildman–Crippen LogP) is 2.19. The van der Waals surface area contributed by atoms with Crippen LogP contribution in [-0.4, -0.2) is 32.7 Å². The Morgan fingerprint density at radius 2 is 2.17 bits per heavy atom. The van der Waals surface area contributed by atoms with E-state index in [2.05, 4.69) is 17.6 Å². The molecule has 1 aromatic rings. The van der Waals surface area contributed by atoms with Crippen LogP contribution in [0.5, 0.6) is 0 Å². The van der Waals surface area contributed by atoms with Crippen LogP contribution in [0.3, 0.4) is 0 Å². The molecular formula is C14H22N2O2. The highest BCUT2D eigenvalue weighted by molar-refractivity contribution is 5.94. The summed E-state index contributed by atoms with van der Waals surface area (Å²) < 4.78 is 5.16. The quantitative estimate of drug-likeness (QED) is 0.813. The Morgan fingerprint density at radius 1 is 1.44 bits per heavy atom. The second-order valence-corrected chi connectivity index (χ2v) is 4.31. The van der Waals surface area contributed by atoms with Crippen LogP contribution in [0, 0.1) is 6.92 Å². The van der Waals surface area contributed by atoms with Crippen molar-refractivity contribution in [2.75, 3.05) is 26.1 Å². The number of hydrogen-bond acceptors (Lipinski definition) is 3. The van der Waals surface area contributed by atoms with Crippen LogP contribution in [0.25, 0.3) is 0 Å². The van der Waals surface area contributed by atoms with Gasteiger partial charge in [-0.05, 0) is 37.1 Å². The van der Waals surface area contributed by atoms with Crippen molar-refractivity contribution in [1.29, 1.82) is 0 Å². The Bertz CT molecular complexity index is 405. The number of benzene rings is 1. The van der Waals surface area contributed by atoms with Crippen LogP contribution < -0.4 is 10.6 Å². The molecule has 0 spiro atoms. The Morgan fingerprint density at radius 3 is 2.67 bits per heavy atom. The highest BCUT2D eigenvalue weighted by Gasteiger charge is 2.09. The lowest BCUT2D eigenvalue weighted by molar-refractivity contribution is 0.0963. The third-order valence-corrected chi connectivity index (χ3v) is 2.94. The Kier molecular flexibility index (Phi) is 5.65. The van der Waals surface area contributed by atoms with E-state index in [1.54, 1.807) is 14.2 Å². The number of anilines is 1. The molecule has 0 aliphatic heterocycles. The zero-order valence-electron chi connectivity index (χ0n) is 11.5. The van der Waals surface area contributed by atoms with Gasteiger partial charge in [-0.1, -0.05) is 6.92 Å². The maximum Gasteiger partial charge on any atom is 0.251 e. The van der Waals surface area contributed by atoms with Gasteiger partial charge in [0.2, 0.25) is 0 Å². The predicted molar refractivity (Wildman–Crippen MR) is 74.1 cm³/mol. The second-order valence-electron chi connectivity index (χ2n) is 4.31. The van der Waals surface area contributed by atoms with Crippen molar-refractivity contribution in [2.24, 2.45) is 0 Å². The SMILES string of the molecule is CCC(COC)Nc1ccc(C(=O)NC)cc1C. The standard InChI is InChI=1S/C14H22N2O2/c1-5-12(9-18-4)16-13-7-6-11(8-10(13)2)14(17)15-3/h6-8,12,16H,5,9H2,1-4H3,(H,15,17). The monoisotopic (exact) mass is 250 g/mol. The molecule has 0 aliphatic carbocycles. The number of carbonyl (C=O) groups excluding carboxylic acids is 1. The first-order valence-corrected chi connectivity index (χ1v) is 6.20. The zero-order chi connectivity index (χ0) is 13.5. The number of rotatable bonds is 6. The number of carbonyl (C=O) groups is 1. The number of amides is 1. The topological polar surface area (TPSA) is 50.4 Å². The molecular weight excluding hydrogens is 228 g/mol. The molecule has 0 fully saturated rings. The second kappa shape index (κ2) is 7.01. The first-order valence-electron chi connectivity index (χ1n) is 6.20. The van der Waals surface area contributed by atoms with Gasteiger partial charge in [-0.2, -0.15) is 0 Å². The molecule has 0 aromatic heterocycles.